The molecule has 5 nitrogen and oxygen atoms in total. The van der Waals surface area contributed by atoms with Crippen molar-refractivity contribution in [2.75, 3.05) is 26.2 Å². The first kappa shape index (κ1) is 31.1. The molecule has 1 aliphatic carbocycles. The molecule has 230 valence electrons. The van der Waals surface area contributed by atoms with E-state index in [0.29, 0.717) is 13.2 Å². The van der Waals surface area contributed by atoms with Crippen molar-refractivity contribution >= 4 is 23.8 Å². The molecular formula is C34H31F5N2O3. The van der Waals surface area contributed by atoms with Gasteiger partial charge in [0, 0.05) is 29.3 Å². The molecule has 1 saturated carbocycles. The summed E-state index contributed by atoms with van der Waals surface area (Å²) in [6, 6.07) is 9.62. The third-order valence-corrected chi connectivity index (χ3v) is 7.73. The number of Topliss-reactive ketones (excluding diaryl/α,β-unsaturated/α-hetero) is 1. The normalized spacial score (nSPS) is 19.4. The van der Waals surface area contributed by atoms with Gasteiger partial charge in [0.1, 0.15) is 6.61 Å². The average Bonchev–Trinajstić information content (AvgIpc) is 3.00. The first-order valence-electron chi connectivity index (χ1n) is 14.5. The lowest BCUT2D eigenvalue weighted by atomic mass is 9.83. The number of benzene rings is 3. The van der Waals surface area contributed by atoms with Gasteiger partial charge in [-0.3, -0.25) is 14.5 Å². The highest BCUT2D eigenvalue weighted by Gasteiger charge is 2.29. The van der Waals surface area contributed by atoms with Crippen molar-refractivity contribution in [3.8, 4) is 5.75 Å². The highest BCUT2D eigenvalue weighted by atomic mass is 19.2. The molecule has 3 aromatic carbocycles. The Balaban J connectivity index is 1.33. The smallest absolute Gasteiger partial charge is 0.251 e. The first-order valence-corrected chi connectivity index (χ1v) is 14.5. The highest BCUT2D eigenvalue weighted by molar-refractivity contribution is 6.14. The molecular weight excluding hydrogens is 579 g/mol. The van der Waals surface area contributed by atoms with Gasteiger partial charge in [0.2, 0.25) is 0 Å². The first-order chi connectivity index (χ1) is 21.2. The molecule has 2 fully saturated rings. The number of likely N-dealkylation sites (tertiary alicyclic amines) is 1. The van der Waals surface area contributed by atoms with E-state index in [9.17, 15) is 31.5 Å². The zero-order valence-corrected chi connectivity index (χ0v) is 23.9. The summed E-state index contributed by atoms with van der Waals surface area (Å²) < 4.78 is 75.1. The molecule has 2 aliphatic rings. The Bertz CT molecular complexity index is 1540. The number of piperidine rings is 1. The summed E-state index contributed by atoms with van der Waals surface area (Å²) in [4.78, 5) is 28.8. The topological polar surface area (TPSA) is 58.6 Å². The molecule has 0 aromatic heterocycles. The third-order valence-electron chi connectivity index (χ3n) is 7.73. The van der Waals surface area contributed by atoms with E-state index >= 15 is 0 Å². The zero-order chi connectivity index (χ0) is 31.2. The second-order valence-corrected chi connectivity index (χ2v) is 11.0. The number of halogens is 5. The van der Waals surface area contributed by atoms with Gasteiger partial charge in [-0.2, -0.15) is 0 Å². The van der Waals surface area contributed by atoms with E-state index in [1.165, 1.54) is 42.8 Å². The summed E-state index contributed by atoms with van der Waals surface area (Å²) >= 11 is 0. The Morgan fingerprint density at radius 1 is 0.773 bits per heavy atom. The number of nitrogens with zero attached hydrogens (tertiary/aromatic N) is 1. The van der Waals surface area contributed by atoms with Gasteiger partial charge in [-0.1, -0.05) is 18.6 Å². The largest absolute Gasteiger partial charge is 0.489 e. The van der Waals surface area contributed by atoms with Crippen LogP contribution in [0.1, 0.15) is 53.6 Å². The van der Waals surface area contributed by atoms with Gasteiger partial charge in [0.15, 0.2) is 40.6 Å². The standard InChI is InChI=1S/C34H31F5N2O3/c35-27-7-4-21(16-29(27)37)14-24-18-26(19-25(33(24)42)15-22-5-8-28(36)30(38)17-22)40-34(43)23-6-9-32(31(39)20-23)44-13-12-41-10-2-1-3-11-41/h4-9,14-17,20,26H,1-3,10-13,18-19H2,(H,40,43)/b24-14+,25-15+. The molecule has 0 spiro atoms. The van der Waals surface area contributed by atoms with Crippen LogP contribution in [-0.4, -0.2) is 48.9 Å². The quantitative estimate of drug-likeness (QED) is 0.223. The number of carbonyl (C=O) groups is 2. The minimum Gasteiger partial charge on any atom is -0.489 e. The SMILES string of the molecule is O=C1/C(=C/c2ccc(F)c(F)c2)CC(NC(=O)c2ccc(OCCN3CCCCC3)c(F)c2)C/C1=C\c1ccc(F)c(F)c1. The second-order valence-electron chi connectivity index (χ2n) is 11.0. The van der Waals surface area contributed by atoms with Crippen molar-refractivity contribution in [1.82, 2.24) is 10.2 Å². The van der Waals surface area contributed by atoms with Crippen molar-refractivity contribution in [2.24, 2.45) is 0 Å². The van der Waals surface area contributed by atoms with Crippen molar-refractivity contribution in [3.63, 3.8) is 0 Å². The Hall–Kier alpha value is -4.31. The lowest BCUT2D eigenvalue weighted by Crippen LogP contribution is -2.39. The molecule has 0 bridgehead atoms. The van der Waals surface area contributed by atoms with Gasteiger partial charge in [-0.25, -0.2) is 22.0 Å². The molecule has 1 amide bonds. The van der Waals surface area contributed by atoms with Gasteiger partial charge in [0.25, 0.3) is 5.91 Å². The van der Waals surface area contributed by atoms with Crippen LogP contribution in [0.4, 0.5) is 22.0 Å². The summed E-state index contributed by atoms with van der Waals surface area (Å²) in [7, 11) is 0. The summed E-state index contributed by atoms with van der Waals surface area (Å²) in [6.07, 6.45) is 6.34. The van der Waals surface area contributed by atoms with E-state index in [4.69, 9.17) is 4.74 Å². The Morgan fingerprint density at radius 2 is 1.36 bits per heavy atom. The van der Waals surface area contributed by atoms with Crippen molar-refractivity contribution < 1.29 is 36.3 Å². The van der Waals surface area contributed by atoms with Crippen molar-refractivity contribution in [2.45, 2.75) is 38.1 Å². The highest BCUT2D eigenvalue weighted by Crippen LogP contribution is 2.30. The molecule has 1 aliphatic heterocycles. The number of rotatable bonds is 8. The van der Waals surface area contributed by atoms with E-state index in [1.54, 1.807) is 0 Å². The summed E-state index contributed by atoms with van der Waals surface area (Å²) in [5.41, 5.74) is 0.865. The van der Waals surface area contributed by atoms with E-state index in [1.807, 2.05) is 0 Å². The third kappa shape index (κ3) is 7.79. The Kier molecular flexibility index (Phi) is 9.89. The summed E-state index contributed by atoms with van der Waals surface area (Å²) in [6.45, 7) is 2.99. The minimum atomic E-state index is -1.09. The van der Waals surface area contributed by atoms with Crippen LogP contribution >= 0.6 is 0 Å². The molecule has 3 aromatic rings. The van der Waals surface area contributed by atoms with Gasteiger partial charge in [-0.15, -0.1) is 0 Å². The number of hydrogen-bond donors (Lipinski definition) is 1. The second kappa shape index (κ2) is 14.0. The van der Waals surface area contributed by atoms with Crippen molar-refractivity contribution in [1.29, 1.82) is 0 Å². The number of nitrogens with one attached hydrogen (secondary N) is 1. The lowest BCUT2D eigenvalue weighted by Gasteiger charge is -2.27. The molecule has 5 rings (SSSR count). The van der Waals surface area contributed by atoms with Gasteiger partial charge >= 0.3 is 0 Å². The number of amides is 1. The molecule has 10 heteroatoms. The Morgan fingerprint density at radius 3 is 1.91 bits per heavy atom. The summed E-state index contributed by atoms with van der Waals surface area (Å²) in [5, 5.41) is 2.81. The fourth-order valence-electron chi connectivity index (χ4n) is 5.45. The molecule has 1 saturated heterocycles. The maximum Gasteiger partial charge on any atom is 0.251 e. The lowest BCUT2D eigenvalue weighted by molar-refractivity contribution is -0.113. The number of hydrogen-bond acceptors (Lipinski definition) is 4. The maximum atomic E-state index is 14.8. The van der Waals surface area contributed by atoms with Crippen molar-refractivity contribution in [3.05, 3.63) is 112 Å². The summed E-state index contributed by atoms with van der Waals surface area (Å²) in [5.74, 6) is -5.96. The molecule has 0 radical (unpaired) electrons. The Labute approximate surface area is 252 Å². The monoisotopic (exact) mass is 610 g/mol. The van der Waals surface area contributed by atoms with Crippen LogP contribution in [-0.2, 0) is 4.79 Å². The van der Waals surface area contributed by atoms with Crippen LogP contribution in [0.3, 0.4) is 0 Å². The predicted octanol–water partition coefficient (Wildman–Crippen LogP) is 6.88. The van der Waals surface area contributed by atoms with Gasteiger partial charge < -0.3 is 10.1 Å². The fourth-order valence-corrected chi connectivity index (χ4v) is 5.45. The van der Waals surface area contributed by atoms with Crippen LogP contribution < -0.4 is 10.1 Å². The zero-order valence-electron chi connectivity index (χ0n) is 23.9. The van der Waals surface area contributed by atoms with Crippen LogP contribution in [0.2, 0.25) is 0 Å². The molecule has 0 unspecified atom stereocenters. The molecule has 44 heavy (non-hydrogen) atoms. The maximum absolute atomic E-state index is 14.8. The molecule has 1 heterocycles. The van der Waals surface area contributed by atoms with Crippen LogP contribution in [0, 0.1) is 29.1 Å². The van der Waals surface area contributed by atoms with Crippen LogP contribution in [0.15, 0.2) is 65.7 Å². The van der Waals surface area contributed by atoms with E-state index in [-0.39, 0.29) is 46.4 Å². The van der Waals surface area contributed by atoms with E-state index in [2.05, 4.69) is 10.2 Å². The number of ketones is 1. The predicted molar refractivity (Wildman–Crippen MR) is 156 cm³/mol. The van der Waals surface area contributed by atoms with Gasteiger partial charge in [0.05, 0.1) is 0 Å². The number of ether oxygens (including phenoxy) is 1. The average molecular weight is 611 g/mol. The van der Waals surface area contributed by atoms with Gasteiger partial charge in [-0.05, 0) is 105 Å². The van der Waals surface area contributed by atoms with Crippen LogP contribution in [0.5, 0.6) is 5.75 Å². The van der Waals surface area contributed by atoms with Crippen LogP contribution in [0.25, 0.3) is 12.2 Å². The molecule has 1 N–H and O–H groups in total. The minimum absolute atomic E-state index is 0.0373. The van der Waals surface area contributed by atoms with E-state index < -0.39 is 46.8 Å². The van der Waals surface area contributed by atoms with E-state index in [0.717, 1.165) is 56.3 Å². The molecule has 0 atom stereocenters. The number of carbonyl (C=O) groups excluding carboxylic acids is 2. The fraction of sp³-hybridized carbons (Fsp3) is 0.294.